The number of nitrogen functional groups attached to an aromatic ring is 1. The minimum Gasteiger partial charge on any atom is -1.00 e. The Kier molecular flexibility index (Phi) is 3.72. The number of aromatic nitrogens is 5. The smallest absolute Gasteiger partial charge is 0.406 e. The van der Waals surface area contributed by atoms with Gasteiger partial charge in [-0.15, -0.1) is 0 Å². The molecule has 0 radical (unpaired) electrons. The van der Waals surface area contributed by atoms with Crippen LogP contribution < -0.4 is 27.3 Å². The number of aliphatic hydroxyl groups excluding tert-OH is 2. The van der Waals surface area contributed by atoms with Crippen LogP contribution in [-0.4, -0.2) is 48.5 Å². The summed E-state index contributed by atoms with van der Waals surface area (Å²) in [6.07, 6.45) is 1.58. The molecular weight excluding hydrogens is 364 g/mol. The third kappa shape index (κ3) is 2.13. The highest BCUT2D eigenvalue weighted by Crippen LogP contribution is 2.30. The van der Waals surface area contributed by atoms with Crippen LogP contribution in [0.25, 0.3) is 16.8 Å². The summed E-state index contributed by atoms with van der Waals surface area (Å²) in [6.45, 7) is -0.238. The number of anilines is 1. The van der Waals surface area contributed by atoms with Crippen molar-refractivity contribution < 1.29 is 41.0 Å². The normalized spacial score (nSPS) is 24.9. The molecule has 1 aliphatic heterocycles. The van der Waals surface area contributed by atoms with E-state index in [1.165, 1.54) is 10.9 Å². The number of aliphatic hydroxyl groups is 2. The van der Waals surface area contributed by atoms with Gasteiger partial charge in [0.25, 0.3) is 6.33 Å². The molecule has 1 saturated heterocycles. The van der Waals surface area contributed by atoms with E-state index in [4.69, 9.17) is 20.1 Å². The molecule has 0 amide bonds. The van der Waals surface area contributed by atoms with E-state index in [0.29, 0.717) is 23.2 Å². The maximum Gasteiger partial charge on any atom is 0.406 e. The van der Waals surface area contributed by atoms with Crippen molar-refractivity contribution in [3.05, 3.63) is 12.7 Å². The number of halogens is 1. The lowest BCUT2D eigenvalue weighted by Gasteiger charge is -2.12. The second-order valence-corrected chi connectivity index (χ2v) is 4.87. The maximum absolute atomic E-state index is 9.82. The molecule has 118 valence electrons. The van der Waals surface area contributed by atoms with Gasteiger partial charge in [0.2, 0.25) is 11.2 Å². The van der Waals surface area contributed by atoms with E-state index < -0.39 is 18.4 Å². The van der Waals surface area contributed by atoms with Gasteiger partial charge in [0.15, 0.2) is 0 Å². The van der Waals surface area contributed by atoms with Crippen molar-refractivity contribution in [1.29, 1.82) is 0 Å². The van der Waals surface area contributed by atoms with Crippen LogP contribution in [0.4, 0.5) is 6.01 Å². The third-order valence-electron chi connectivity index (χ3n) is 3.58. The van der Waals surface area contributed by atoms with Crippen molar-refractivity contribution in [2.45, 2.75) is 24.9 Å². The van der Waals surface area contributed by atoms with Gasteiger partial charge in [0.1, 0.15) is 18.7 Å². The molecule has 22 heavy (non-hydrogen) atoms. The molecule has 3 atom stereocenters. The summed E-state index contributed by atoms with van der Waals surface area (Å²) in [5, 5.41) is 19.0. The summed E-state index contributed by atoms with van der Waals surface area (Å²) in [5.74, 6) is 0. The molecule has 0 spiro atoms. The maximum atomic E-state index is 9.82. The van der Waals surface area contributed by atoms with Gasteiger partial charge in [-0.1, -0.05) is 4.98 Å². The predicted molar refractivity (Wildman–Crippen MR) is 66.8 cm³/mol. The zero-order valence-electron chi connectivity index (χ0n) is 11.2. The highest BCUT2D eigenvalue weighted by atomic mass is 79.9. The van der Waals surface area contributed by atoms with Crippen LogP contribution in [0.15, 0.2) is 17.2 Å². The first-order valence-corrected chi connectivity index (χ1v) is 6.41. The molecule has 0 unspecified atom stereocenters. The number of nitrogens with zero attached hydrogens (tertiary/aromatic N) is 5. The van der Waals surface area contributed by atoms with Gasteiger partial charge >= 0.3 is 11.7 Å². The standard InChI is InChI=1S/C11H12N6O4.BrH/c12-11-15-10-8-9(14-4-17(10)21-11)16(3-13-8)7-1-5(19)6(2-18)20-7;/h3-7,12,18-19H,1-2H2;1H/t5-,6+,7+;/m0./s1/i3+1,12+1,13+1,15+1;. The second kappa shape index (κ2) is 5.43. The Morgan fingerprint density at radius 1 is 1.45 bits per heavy atom. The van der Waals surface area contributed by atoms with Gasteiger partial charge in [-0.05, 0) is 9.56 Å². The van der Waals surface area contributed by atoms with E-state index in [2.05, 4.69) is 15.0 Å². The van der Waals surface area contributed by atoms with Crippen LogP contribution in [0, 0.1) is 0 Å². The number of ether oxygens (including phenoxy) is 1. The Balaban J connectivity index is 0.00000144. The second-order valence-electron chi connectivity index (χ2n) is 4.87. The Morgan fingerprint density at radius 2 is 2.27 bits per heavy atom. The lowest BCUT2D eigenvalue weighted by atomic mass is 10.2. The van der Waals surface area contributed by atoms with Crippen LogP contribution in [0.1, 0.15) is 12.6 Å². The van der Waals surface area contributed by atoms with E-state index in [9.17, 15) is 5.11 Å². The minimum atomic E-state index is -0.724. The predicted octanol–water partition coefficient (Wildman–Crippen LogP) is -4.62. The molecular formula is C11H13BrN6O4. The lowest BCUT2D eigenvalue weighted by Crippen LogP contribution is -3.00. The Morgan fingerprint density at radius 3 is 3.00 bits per heavy atom. The number of hydrogen-bond donors (Lipinski definition) is 3. The Labute approximate surface area is 133 Å². The van der Waals surface area contributed by atoms with Gasteiger partial charge < -0.3 is 37.7 Å². The molecule has 1 fully saturated rings. The summed E-state index contributed by atoms with van der Waals surface area (Å²) >= 11 is 0. The molecule has 1 aliphatic rings. The van der Waals surface area contributed by atoms with E-state index >= 15 is 0 Å². The van der Waals surface area contributed by atoms with Crippen molar-refractivity contribution in [3.63, 3.8) is 0 Å². The van der Waals surface area contributed by atoms with Crippen molar-refractivity contribution >= 4 is 22.8 Å². The number of nitrogens with two attached hydrogens (primary N) is 1. The summed E-state index contributed by atoms with van der Waals surface area (Å²) < 4.78 is 13.8. The molecule has 0 bridgehead atoms. The summed E-state index contributed by atoms with van der Waals surface area (Å²) in [5.41, 5.74) is 7.03. The monoisotopic (exact) mass is 376 g/mol. The molecule has 3 aromatic rings. The minimum absolute atomic E-state index is 0. The van der Waals surface area contributed by atoms with E-state index in [-0.39, 0.29) is 29.6 Å². The van der Waals surface area contributed by atoms with Crippen LogP contribution in [-0.2, 0) is 4.74 Å². The zero-order valence-corrected chi connectivity index (χ0v) is 12.8. The third-order valence-corrected chi connectivity index (χ3v) is 3.58. The molecule has 10 nitrogen and oxygen atoms in total. The molecule has 3 aromatic heterocycles. The number of imidazole rings is 1. The SMILES string of the molecule is [15NH2]c1[15n]c2c3[15n][13cH]n([C@H]4C[C@H](O)[C@@H](CO)O4)c3nc[n+]2o1.[Br-]. The van der Waals surface area contributed by atoms with Gasteiger partial charge in [-0.25, -0.2) is 4.98 Å². The summed E-state index contributed by atoms with van der Waals surface area (Å²) in [6, 6.07) is 0.0201. The summed E-state index contributed by atoms with van der Waals surface area (Å²) in [7, 11) is 0. The first-order valence-electron chi connectivity index (χ1n) is 6.41. The lowest BCUT2D eigenvalue weighted by molar-refractivity contribution is -0.716. The van der Waals surface area contributed by atoms with Crippen LogP contribution in [0.5, 0.6) is 0 Å². The molecule has 4 N–H and O–H groups in total. The highest BCUT2D eigenvalue weighted by molar-refractivity contribution is 5.82. The fourth-order valence-electron chi connectivity index (χ4n) is 2.56. The average molecular weight is 377 g/mol. The number of hydrogen-bond acceptors (Lipinski definition) is 8. The number of fused-ring (bicyclic) bond motifs is 3. The average Bonchev–Trinajstić information content (AvgIpc) is 3.12. The van der Waals surface area contributed by atoms with E-state index in [0.717, 1.165) is 0 Å². The van der Waals surface area contributed by atoms with E-state index in [1.807, 2.05) is 0 Å². The van der Waals surface area contributed by atoms with Gasteiger partial charge in [0.05, 0.1) is 12.7 Å². The summed E-state index contributed by atoms with van der Waals surface area (Å²) in [4.78, 5) is 12.6. The van der Waals surface area contributed by atoms with Crippen molar-refractivity contribution in [3.8, 4) is 0 Å². The van der Waals surface area contributed by atoms with E-state index in [1.54, 1.807) is 10.9 Å². The first kappa shape index (κ1) is 15.1. The van der Waals surface area contributed by atoms with Crippen molar-refractivity contribution in [1.82, 2.24) is 19.5 Å². The Bertz CT molecular complexity index is 819. The van der Waals surface area contributed by atoms with Gasteiger partial charge in [-0.2, -0.15) is 0 Å². The zero-order chi connectivity index (χ0) is 14.6. The van der Waals surface area contributed by atoms with Crippen LogP contribution in [0.3, 0.4) is 0 Å². The first-order chi connectivity index (χ1) is 10.2. The van der Waals surface area contributed by atoms with Gasteiger partial charge in [-0.3, -0.25) is 9.09 Å². The van der Waals surface area contributed by atoms with Crippen LogP contribution >= 0.6 is 0 Å². The fraction of sp³-hybridized carbons (Fsp3) is 0.455. The molecule has 0 aliphatic carbocycles. The topological polar surface area (TPSA) is 137 Å². The molecule has 0 aromatic carbocycles. The molecule has 11 heteroatoms. The largest absolute Gasteiger partial charge is 1.00 e. The van der Waals surface area contributed by atoms with Gasteiger partial charge in [0, 0.05) is 6.42 Å². The highest BCUT2D eigenvalue weighted by Gasteiger charge is 2.36. The fourth-order valence-corrected chi connectivity index (χ4v) is 2.56. The van der Waals surface area contributed by atoms with Crippen LogP contribution in [0.2, 0.25) is 0 Å². The molecule has 4 rings (SSSR count). The van der Waals surface area contributed by atoms with Crippen molar-refractivity contribution in [2.24, 2.45) is 0 Å². The number of rotatable bonds is 2. The van der Waals surface area contributed by atoms with Crippen molar-refractivity contribution in [2.75, 3.05) is 12.3 Å². The molecule has 4 heterocycles. The quantitative estimate of drug-likeness (QED) is 0.300. The molecule has 0 saturated carbocycles. The Hall–Kier alpha value is -1.82.